The third-order valence-corrected chi connectivity index (χ3v) is 5.47. The molecule has 2 N–H and O–H groups in total. The maximum Gasteiger partial charge on any atom is 0.262 e. The zero-order chi connectivity index (χ0) is 23.8. The summed E-state index contributed by atoms with van der Waals surface area (Å²) in [6.07, 6.45) is 1.47. The summed E-state index contributed by atoms with van der Waals surface area (Å²) in [5.74, 6) is -0.0297. The number of methoxy groups -OCH3 is 1. The van der Waals surface area contributed by atoms with Gasteiger partial charge in [0, 0.05) is 5.02 Å². The van der Waals surface area contributed by atoms with E-state index in [0.29, 0.717) is 33.2 Å². The third kappa shape index (κ3) is 6.85. The van der Waals surface area contributed by atoms with Crippen LogP contribution in [0, 0.1) is 5.92 Å². The first-order valence-corrected chi connectivity index (χ1v) is 11.3. The van der Waals surface area contributed by atoms with Gasteiger partial charge in [-0.25, -0.2) is 5.43 Å². The van der Waals surface area contributed by atoms with Crippen LogP contribution in [0.5, 0.6) is 11.5 Å². The molecule has 0 saturated carbocycles. The van der Waals surface area contributed by atoms with Crippen molar-refractivity contribution in [2.45, 2.75) is 26.8 Å². The monoisotopic (exact) mass is 543 g/mol. The SMILES string of the molecule is CCOc1cc(C=NNC(=O)C(NC(=O)c2ccc(Cl)cc2Cl)C(C)C)cc(Br)c1OC. The second-order valence-corrected chi connectivity index (χ2v) is 8.72. The molecule has 2 amide bonds. The first-order valence-electron chi connectivity index (χ1n) is 9.77. The first-order chi connectivity index (χ1) is 15.2. The molecule has 0 radical (unpaired) electrons. The summed E-state index contributed by atoms with van der Waals surface area (Å²) < 4.78 is 11.6. The standard InChI is InChI=1S/C22H24BrCl2N3O4/c1-5-32-18-9-13(8-16(23)20(18)31-4)11-26-28-22(30)19(12(2)3)27-21(29)15-7-6-14(24)10-17(15)25/h6-12,19H,5H2,1-4H3,(H,27,29)(H,28,30). The molecule has 2 aromatic carbocycles. The van der Waals surface area contributed by atoms with E-state index in [-0.39, 0.29) is 16.5 Å². The third-order valence-electron chi connectivity index (χ3n) is 4.34. The van der Waals surface area contributed by atoms with E-state index >= 15 is 0 Å². The Morgan fingerprint density at radius 3 is 2.53 bits per heavy atom. The second kappa shape index (κ2) is 12.1. The van der Waals surface area contributed by atoms with E-state index in [1.807, 2.05) is 20.8 Å². The molecule has 172 valence electrons. The van der Waals surface area contributed by atoms with Crippen molar-refractivity contribution in [3.05, 3.63) is 56.0 Å². The Kier molecular flexibility index (Phi) is 9.81. The number of rotatable bonds is 9. The topological polar surface area (TPSA) is 89.0 Å². The first kappa shape index (κ1) is 26.0. The summed E-state index contributed by atoms with van der Waals surface area (Å²) in [5, 5.41) is 7.32. The molecule has 10 heteroatoms. The van der Waals surface area contributed by atoms with Crippen LogP contribution in [-0.2, 0) is 4.79 Å². The summed E-state index contributed by atoms with van der Waals surface area (Å²) in [4.78, 5) is 25.3. The molecule has 0 saturated heterocycles. The largest absolute Gasteiger partial charge is 0.492 e. The van der Waals surface area contributed by atoms with Crippen LogP contribution in [0.3, 0.4) is 0 Å². The molecular formula is C22H24BrCl2N3O4. The van der Waals surface area contributed by atoms with Gasteiger partial charge >= 0.3 is 0 Å². The number of halogens is 3. The highest BCUT2D eigenvalue weighted by Gasteiger charge is 2.25. The number of ether oxygens (including phenoxy) is 2. The van der Waals surface area contributed by atoms with E-state index in [1.54, 1.807) is 25.3 Å². The van der Waals surface area contributed by atoms with Gasteiger partial charge in [0.2, 0.25) is 0 Å². The number of nitrogens with one attached hydrogen (secondary N) is 2. The Balaban J connectivity index is 2.11. The highest BCUT2D eigenvalue weighted by atomic mass is 79.9. The van der Waals surface area contributed by atoms with Crippen molar-refractivity contribution in [1.82, 2.24) is 10.7 Å². The van der Waals surface area contributed by atoms with Crippen LogP contribution in [0.25, 0.3) is 0 Å². The lowest BCUT2D eigenvalue weighted by molar-refractivity contribution is -0.123. The summed E-state index contributed by atoms with van der Waals surface area (Å²) in [6.45, 7) is 5.96. The lowest BCUT2D eigenvalue weighted by atomic mass is 10.0. The minimum Gasteiger partial charge on any atom is -0.492 e. The Labute approximate surface area is 205 Å². The predicted molar refractivity (Wildman–Crippen MR) is 130 cm³/mol. The minimum atomic E-state index is -0.826. The Hall–Kier alpha value is -2.29. The number of carbonyl (C=O) groups excluding carboxylic acids is 2. The molecule has 0 aromatic heterocycles. The molecule has 0 aliphatic carbocycles. The summed E-state index contributed by atoms with van der Waals surface area (Å²) in [7, 11) is 1.55. The number of amides is 2. The fourth-order valence-electron chi connectivity index (χ4n) is 2.79. The van der Waals surface area contributed by atoms with E-state index in [4.69, 9.17) is 32.7 Å². The fraction of sp³-hybridized carbons (Fsp3) is 0.318. The molecular weight excluding hydrogens is 521 g/mol. The normalized spacial score (nSPS) is 12.0. The predicted octanol–water partition coefficient (Wildman–Crippen LogP) is 5.07. The fourth-order valence-corrected chi connectivity index (χ4v) is 3.91. The van der Waals surface area contributed by atoms with Gasteiger partial charge in [-0.1, -0.05) is 37.0 Å². The summed E-state index contributed by atoms with van der Waals surface area (Å²) >= 11 is 15.4. The van der Waals surface area contributed by atoms with E-state index in [2.05, 4.69) is 31.8 Å². The van der Waals surface area contributed by atoms with Crippen LogP contribution in [-0.4, -0.2) is 37.8 Å². The van der Waals surface area contributed by atoms with Crippen LogP contribution < -0.4 is 20.2 Å². The smallest absolute Gasteiger partial charge is 0.262 e. The van der Waals surface area contributed by atoms with E-state index < -0.39 is 17.9 Å². The van der Waals surface area contributed by atoms with Crippen LogP contribution in [0.15, 0.2) is 39.9 Å². The molecule has 2 aromatic rings. The van der Waals surface area contributed by atoms with Gasteiger partial charge in [0.05, 0.1) is 35.0 Å². The van der Waals surface area contributed by atoms with Crippen molar-refractivity contribution in [3.63, 3.8) is 0 Å². The highest BCUT2D eigenvalue weighted by molar-refractivity contribution is 9.10. The lowest BCUT2D eigenvalue weighted by Crippen LogP contribution is -2.48. The van der Waals surface area contributed by atoms with Gasteiger partial charge in [-0.3, -0.25) is 9.59 Å². The lowest BCUT2D eigenvalue weighted by Gasteiger charge is -2.20. The quantitative estimate of drug-likeness (QED) is 0.341. The van der Waals surface area contributed by atoms with E-state index in [1.165, 1.54) is 18.3 Å². The van der Waals surface area contributed by atoms with Crippen molar-refractivity contribution in [3.8, 4) is 11.5 Å². The highest BCUT2D eigenvalue weighted by Crippen LogP contribution is 2.36. The molecule has 0 aliphatic heterocycles. The number of carbonyl (C=O) groups is 2. The average molecular weight is 545 g/mol. The molecule has 0 heterocycles. The molecule has 7 nitrogen and oxygen atoms in total. The van der Waals surface area contributed by atoms with Gasteiger partial charge in [-0.05, 0) is 64.7 Å². The number of hydrogen-bond donors (Lipinski definition) is 2. The number of hydrazone groups is 1. The zero-order valence-corrected chi connectivity index (χ0v) is 21.1. The van der Waals surface area contributed by atoms with E-state index in [0.717, 1.165) is 0 Å². The molecule has 0 bridgehead atoms. The van der Waals surface area contributed by atoms with Gasteiger partial charge in [-0.15, -0.1) is 0 Å². The van der Waals surface area contributed by atoms with Crippen molar-refractivity contribution in [2.75, 3.05) is 13.7 Å². The van der Waals surface area contributed by atoms with Crippen LogP contribution in [0.4, 0.5) is 0 Å². The molecule has 32 heavy (non-hydrogen) atoms. The maximum atomic E-state index is 12.7. The minimum absolute atomic E-state index is 0.195. The maximum absolute atomic E-state index is 12.7. The molecule has 0 fully saturated rings. The van der Waals surface area contributed by atoms with Crippen LogP contribution in [0.1, 0.15) is 36.7 Å². The molecule has 0 aliphatic rings. The Morgan fingerprint density at radius 1 is 1.22 bits per heavy atom. The van der Waals surface area contributed by atoms with Gasteiger partial charge in [-0.2, -0.15) is 5.10 Å². The van der Waals surface area contributed by atoms with Crippen molar-refractivity contribution < 1.29 is 19.1 Å². The van der Waals surface area contributed by atoms with Gasteiger partial charge in [0.15, 0.2) is 11.5 Å². The Morgan fingerprint density at radius 2 is 1.94 bits per heavy atom. The average Bonchev–Trinajstić information content (AvgIpc) is 2.71. The number of benzene rings is 2. The summed E-state index contributed by atoms with van der Waals surface area (Å²) in [6, 6.07) is 7.23. The molecule has 1 unspecified atom stereocenters. The summed E-state index contributed by atoms with van der Waals surface area (Å²) in [5.41, 5.74) is 3.37. The Bertz CT molecular complexity index is 1010. The van der Waals surface area contributed by atoms with Crippen molar-refractivity contribution in [2.24, 2.45) is 11.0 Å². The molecule has 1 atom stereocenters. The second-order valence-electron chi connectivity index (χ2n) is 7.02. The van der Waals surface area contributed by atoms with Gasteiger partial charge < -0.3 is 14.8 Å². The number of nitrogens with zero attached hydrogens (tertiary/aromatic N) is 1. The van der Waals surface area contributed by atoms with Crippen LogP contribution >= 0.6 is 39.1 Å². The molecule has 0 spiro atoms. The van der Waals surface area contributed by atoms with Crippen LogP contribution in [0.2, 0.25) is 10.0 Å². The van der Waals surface area contributed by atoms with Crippen molar-refractivity contribution in [1.29, 1.82) is 0 Å². The van der Waals surface area contributed by atoms with Gasteiger partial charge in [0.25, 0.3) is 11.8 Å². The van der Waals surface area contributed by atoms with E-state index in [9.17, 15) is 9.59 Å². The zero-order valence-electron chi connectivity index (χ0n) is 18.0. The van der Waals surface area contributed by atoms with Gasteiger partial charge in [0.1, 0.15) is 6.04 Å². The number of hydrogen-bond acceptors (Lipinski definition) is 5. The molecule has 2 rings (SSSR count). The van der Waals surface area contributed by atoms with Crippen molar-refractivity contribution >= 4 is 57.2 Å².